The van der Waals surface area contributed by atoms with Gasteiger partial charge in [-0.05, 0) is 12.1 Å². The summed E-state index contributed by atoms with van der Waals surface area (Å²) in [6, 6.07) is 3.24. The number of hydrogen-bond donors (Lipinski definition) is 1. The lowest BCUT2D eigenvalue weighted by atomic mass is 10.0. The maximum atomic E-state index is 11.0. The number of aromatic nitrogens is 2. The van der Waals surface area contributed by atoms with E-state index in [1.165, 1.54) is 17.5 Å². The number of halogens is 1. The van der Waals surface area contributed by atoms with Gasteiger partial charge in [0.2, 0.25) is 0 Å². The standard InChI is InChI=1S/C12H8ClN3O2S/c13-9-2-1-8-10(18)7(6-17)5-16(11(8)15-9)12-14-3-4-19-12/h1-6,10,18H. The summed E-state index contributed by atoms with van der Waals surface area (Å²) < 4.78 is 0. The van der Waals surface area contributed by atoms with Gasteiger partial charge in [0.25, 0.3) is 0 Å². The Bertz CT molecular complexity index is 657. The SMILES string of the molecule is O=CC1=CN(c2nccs2)c2nc(Cl)ccc2C1O. The zero-order valence-electron chi connectivity index (χ0n) is 9.52. The van der Waals surface area contributed by atoms with Crippen LogP contribution in [0.25, 0.3) is 0 Å². The third kappa shape index (κ3) is 2.03. The van der Waals surface area contributed by atoms with Gasteiger partial charge in [-0.15, -0.1) is 11.3 Å². The number of nitrogens with zero attached hydrogens (tertiary/aromatic N) is 3. The second-order valence-corrected chi connectivity index (χ2v) is 5.14. The maximum absolute atomic E-state index is 11.0. The molecule has 0 spiro atoms. The quantitative estimate of drug-likeness (QED) is 0.680. The van der Waals surface area contributed by atoms with Crippen molar-refractivity contribution in [3.8, 4) is 0 Å². The van der Waals surface area contributed by atoms with Crippen molar-refractivity contribution in [3.05, 3.63) is 46.2 Å². The summed E-state index contributed by atoms with van der Waals surface area (Å²) in [6.45, 7) is 0. The first-order valence-electron chi connectivity index (χ1n) is 5.41. The number of rotatable bonds is 2. The van der Waals surface area contributed by atoms with Crippen molar-refractivity contribution < 1.29 is 9.90 Å². The molecule has 0 fully saturated rings. The first-order chi connectivity index (χ1) is 9.20. The molecule has 96 valence electrons. The van der Waals surface area contributed by atoms with Crippen LogP contribution in [0, 0.1) is 0 Å². The summed E-state index contributed by atoms with van der Waals surface area (Å²) in [5.74, 6) is 0.487. The Morgan fingerprint density at radius 1 is 1.47 bits per heavy atom. The second kappa shape index (κ2) is 4.73. The lowest BCUT2D eigenvalue weighted by molar-refractivity contribution is -0.105. The zero-order valence-corrected chi connectivity index (χ0v) is 11.1. The van der Waals surface area contributed by atoms with Gasteiger partial charge in [0.05, 0.1) is 0 Å². The minimum atomic E-state index is -0.992. The summed E-state index contributed by atoms with van der Waals surface area (Å²) in [5.41, 5.74) is 0.788. The Morgan fingerprint density at radius 3 is 3.00 bits per heavy atom. The monoisotopic (exact) mass is 293 g/mol. The van der Waals surface area contributed by atoms with Gasteiger partial charge in [-0.3, -0.25) is 9.69 Å². The minimum Gasteiger partial charge on any atom is -0.383 e. The molecule has 0 saturated heterocycles. The van der Waals surface area contributed by atoms with Gasteiger partial charge >= 0.3 is 0 Å². The van der Waals surface area contributed by atoms with Gasteiger partial charge in [-0.1, -0.05) is 11.6 Å². The first kappa shape index (κ1) is 12.3. The molecule has 2 aromatic rings. The lowest BCUT2D eigenvalue weighted by Gasteiger charge is -2.27. The third-order valence-corrected chi connectivity index (χ3v) is 3.73. The summed E-state index contributed by atoms with van der Waals surface area (Å²) in [5, 5.41) is 12.9. The number of anilines is 2. The largest absolute Gasteiger partial charge is 0.383 e. The zero-order chi connectivity index (χ0) is 13.4. The van der Waals surface area contributed by atoms with E-state index < -0.39 is 6.10 Å². The number of pyridine rings is 1. The predicted octanol–water partition coefficient (Wildman–Crippen LogP) is 2.46. The first-order valence-corrected chi connectivity index (χ1v) is 6.66. The second-order valence-electron chi connectivity index (χ2n) is 3.88. The molecule has 0 saturated carbocycles. The molecule has 2 aromatic heterocycles. The molecule has 19 heavy (non-hydrogen) atoms. The van der Waals surface area contributed by atoms with E-state index in [1.807, 2.05) is 5.38 Å². The fraction of sp³-hybridized carbons (Fsp3) is 0.0833. The number of fused-ring (bicyclic) bond motifs is 1. The van der Waals surface area contributed by atoms with Crippen LogP contribution in [0.5, 0.6) is 0 Å². The average Bonchev–Trinajstić information content (AvgIpc) is 2.93. The van der Waals surface area contributed by atoms with Crippen LogP contribution in [0.15, 0.2) is 35.5 Å². The Morgan fingerprint density at radius 2 is 2.32 bits per heavy atom. The molecule has 7 heteroatoms. The van der Waals surface area contributed by atoms with Crippen molar-refractivity contribution in [2.24, 2.45) is 0 Å². The van der Waals surface area contributed by atoms with Crippen molar-refractivity contribution in [2.75, 3.05) is 4.90 Å². The van der Waals surface area contributed by atoms with Crippen LogP contribution in [-0.4, -0.2) is 21.4 Å². The van der Waals surface area contributed by atoms with E-state index in [1.54, 1.807) is 23.2 Å². The third-order valence-electron chi connectivity index (χ3n) is 2.75. The molecular formula is C12H8ClN3O2S. The van der Waals surface area contributed by atoms with Crippen molar-refractivity contribution in [1.82, 2.24) is 9.97 Å². The molecule has 0 amide bonds. The lowest BCUT2D eigenvalue weighted by Crippen LogP contribution is -2.22. The summed E-state index contributed by atoms with van der Waals surface area (Å²) in [6.07, 6.45) is 2.82. The Balaban J connectivity index is 2.20. The van der Waals surface area contributed by atoms with Crippen LogP contribution in [0.2, 0.25) is 5.15 Å². The molecule has 1 atom stereocenters. The van der Waals surface area contributed by atoms with E-state index in [0.29, 0.717) is 28.0 Å². The van der Waals surface area contributed by atoms with Gasteiger partial charge in [0.15, 0.2) is 5.13 Å². The molecule has 0 aromatic carbocycles. The number of hydrogen-bond acceptors (Lipinski definition) is 6. The summed E-state index contributed by atoms with van der Waals surface area (Å²) in [4.78, 5) is 21.1. The highest BCUT2D eigenvalue weighted by Gasteiger charge is 2.28. The molecule has 0 aliphatic carbocycles. The molecular weight excluding hydrogens is 286 g/mol. The van der Waals surface area contributed by atoms with E-state index in [4.69, 9.17) is 11.6 Å². The van der Waals surface area contributed by atoms with Crippen molar-refractivity contribution >= 4 is 40.2 Å². The van der Waals surface area contributed by atoms with Gasteiger partial charge in [0.1, 0.15) is 23.4 Å². The molecule has 0 bridgehead atoms. The van der Waals surface area contributed by atoms with Crippen LogP contribution in [0.3, 0.4) is 0 Å². The minimum absolute atomic E-state index is 0.256. The van der Waals surface area contributed by atoms with Crippen molar-refractivity contribution in [2.45, 2.75) is 6.10 Å². The normalized spacial score (nSPS) is 17.9. The smallest absolute Gasteiger partial charge is 0.195 e. The van der Waals surface area contributed by atoms with E-state index >= 15 is 0 Å². The van der Waals surface area contributed by atoms with Crippen LogP contribution in [-0.2, 0) is 4.79 Å². The van der Waals surface area contributed by atoms with Crippen LogP contribution in [0.4, 0.5) is 10.9 Å². The molecule has 3 heterocycles. The van der Waals surface area contributed by atoms with E-state index in [2.05, 4.69) is 9.97 Å². The summed E-state index contributed by atoms with van der Waals surface area (Å²) >= 11 is 7.30. The van der Waals surface area contributed by atoms with Crippen molar-refractivity contribution in [3.63, 3.8) is 0 Å². The molecule has 1 aliphatic rings. The van der Waals surface area contributed by atoms with E-state index in [-0.39, 0.29) is 5.57 Å². The fourth-order valence-corrected chi connectivity index (χ4v) is 2.64. The molecule has 3 rings (SSSR count). The van der Waals surface area contributed by atoms with Gasteiger partial charge in [-0.25, -0.2) is 9.97 Å². The van der Waals surface area contributed by atoms with E-state index in [0.717, 1.165) is 0 Å². The van der Waals surface area contributed by atoms with Crippen LogP contribution >= 0.6 is 22.9 Å². The summed E-state index contributed by atoms with van der Waals surface area (Å²) in [7, 11) is 0. The van der Waals surface area contributed by atoms with E-state index in [9.17, 15) is 9.90 Å². The van der Waals surface area contributed by atoms with Gasteiger partial charge in [0, 0.05) is 28.9 Å². The Labute approximate surface area is 117 Å². The van der Waals surface area contributed by atoms with Crippen molar-refractivity contribution in [1.29, 1.82) is 0 Å². The highest BCUT2D eigenvalue weighted by atomic mass is 35.5. The number of aldehydes is 1. The molecule has 1 unspecified atom stereocenters. The number of thiazole rings is 1. The topological polar surface area (TPSA) is 66.3 Å². The Kier molecular flexibility index (Phi) is 3.06. The molecule has 1 N–H and O–H groups in total. The molecule has 0 radical (unpaired) electrons. The Hall–Kier alpha value is -1.76. The number of carbonyl (C=O) groups is 1. The average molecular weight is 294 g/mol. The van der Waals surface area contributed by atoms with Gasteiger partial charge < -0.3 is 5.11 Å². The molecule has 5 nitrogen and oxygen atoms in total. The van der Waals surface area contributed by atoms with Crippen LogP contribution in [0.1, 0.15) is 11.7 Å². The molecule has 1 aliphatic heterocycles. The maximum Gasteiger partial charge on any atom is 0.195 e. The highest BCUT2D eigenvalue weighted by molar-refractivity contribution is 7.13. The highest BCUT2D eigenvalue weighted by Crippen LogP contribution is 2.39. The number of aliphatic hydroxyl groups excluding tert-OH is 1. The fourth-order valence-electron chi connectivity index (χ4n) is 1.88. The predicted molar refractivity (Wildman–Crippen MR) is 72.6 cm³/mol. The number of aliphatic hydroxyl groups is 1. The number of carbonyl (C=O) groups excluding carboxylic acids is 1. The van der Waals surface area contributed by atoms with Crippen LogP contribution < -0.4 is 4.90 Å². The van der Waals surface area contributed by atoms with Gasteiger partial charge in [-0.2, -0.15) is 0 Å².